The zero-order valence-corrected chi connectivity index (χ0v) is 26.8. The first-order valence-electron chi connectivity index (χ1n) is 16.7. The maximum absolute atomic E-state index is 17.0. The Morgan fingerprint density at radius 1 is 1.15 bits per heavy atom. The average Bonchev–Trinajstić information content (AvgIpc) is 3.62. The van der Waals surface area contributed by atoms with E-state index in [2.05, 4.69) is 20.2 Å². The number of aromatic nitrogens is 3. The number of phenolic OH excluding ortho intramolecular Hbond substituents is 1. The molecule has 2 atom stereocenters. The Labute approximate surface area is 275 Å². The molecule has 7 heterocycles. The smallest absolute Gasteiger partial charge is 0.407 e. The van der Waals surface area contributed by atoms with Crippen molar-refractivity contribution in [3.63, 3.8) is 0 Å². The van der Waals surface area contributed by atoms with Crippen LogP contribution in [0.15, 0.2) is 30.5 Å². The molecule has 1 amide bonds. The first-order valence-corrected chi connectivity index (χ1v) is 16.7. The predicted octanol–water partition coefficient (Wildman–Crippen LogP) is 4.84. The summed E-state index contributed by atoms with van der Waals surface area (Å²) >= 11 is 0. The number of carbonyl (C=O) groups excluding carboxylic acids is 1. The number of fused-ring (bicyclic) bond motifs is 7. The number of aromatic hydroxyl groups is 1. The lowest BCUT2D eigenvalue weighted by Gasteiger charge is -2.43. The van der Waals surface area contributed by atoms with Crippen LogP contribution >= 0.6 is 0 Å². The largest absolute Gasteiger partial charge is 0.508 e. The van der Waals surface area contributed by atoms with Crippen molar-refractivity contribution in [3.05, 3.63) is 47.7 Å². The van der Waals surface area contributed by atoms with Crippen molar-refractivity contribution >= 4 is 33.6 Å². The molecule has 2 aromatic heterocycles. The summed E-state index contributed by atoms with van der Waals surface area (Å²) in [6.07, 6.45) is 4.83. The highest BCUT2D eigenvalue weighted by atomic mass is 19.1. The van der Waals surface area contributed by atoms with Gasteiger partial charge in [-0.1, -0.05) is 6.07 Å². The number of pyridine rings is 1. The van der Waals surface area contributed by atoms with Crippen LogP contribution in [0.3, 0.4) is 0 Å². The minimum Gasteiger partial charge on any atom is -0.508 e. The quantitative estimate of drug-likeness (QED) is 0.281. The first kappa shape index (κ1) is 30.9. The lowest BCUT2D eigenvalue weighted by atomic mass is 9.89. The molecule has 2 aromatic carbocycles. The van der Waals surface area contributed by atoms with E-state index >= 15 is 8.78 Å². The Balaban J connectivity index is 1.33. The predicted molar refractivity (Wildman–Crippen MR) is 174 cm³/mol. The number of aryl methyl sites for hydroxylation is 1. The highest BCUT2D eigenvalue weighted by Crippen LogP contribution is 2.42. The average molecular weight is 661 g/mol. The molecule has 6 bridgehead atoms. The van der Waals surface area contributed by atoms with Crippen LogP contribution in [0.2, 0.25) is 0 Å². The monoisotopic (exact) mass is 660 g/mol. The van der Waals surface area contributed by atoms with Crippen LogP contribution < -0.4 is 15.0 Å². The Morgan fingerprint density at radius 3 is 2.77 bits per heavy atom. The Morgan fingerprint density at radius 2 is 1.96 bits per heavy atom. The molecular formula is C35H38F2N6O5. The molecule has 4 aromatic rings. The normalized spacial score (nSPS) is 24.1. The molecule has 5 aliphatic heterocycles. The number of carbonyl (C=O) groups is 1. The first-order chi connectivity index (χ1) is 23.1. The number of piperidine rings is 1. The lowest BCUT2D eigenvalue weighted by molar-refractivity contribution is 0.0913. The van der Waals surface area contributed by atoms with Crippen molar-refractivity contribution < 1.29 is 33.3 Å². The van der Waals surface area contributed by atoms with Crippen LogP contribution in [0.1, 0.15) is 51.0 Å². The number of ether oxygens (including phenoxy) is 2. The van der Waals surface area contributed by atoms with E-state index in [1.54, 1.807) is 4.90 Å². The molecule has 0 saturated carbocycles. The summed E-state index contributed by atoms with van der Waals surface area (Å²) in [5.74, 6) is -1.11. The molecule has 0 unspecified atom stereocenters. The number of phenols is 1. The van der Waals surface area contributed by atoms with Crippen LogP contribution in [0.4, 0.5) is 19.4 Å². The number of nitrogens with one attached hydrogen (secondary N) is 1. The zero-order chi connectivity index (χ0) is 33.2. The zero-order valence-electron chi connectivity index (χ0n) is 26.8. The van der Waals surface area contributed by atoms with Crippen molar-refractivity contribution in [2.24, 2.45) is 0 Å². The number of nitrogens with zero attached hydrogens (tertiary/aromatic N) is 5. The number of halogens is 2. The molecule has 3 N–H and O–H groups in total. The summed E-state index contributed by atoms with van der Waals surface area (Å²) in [4.78, 5) is 31.1. The van der Waals surface area contributed by atoms with Gasteiger partial charge in [-0.3, -0.25) is 9.88 Å². The molecule has 3 fully saturated rings. The van der Waals surface area contributed by atoms with Gasteiger partial charge in [0.2, 0.25) is 0 Å². The van der Waals surface area contributed by atoms with Gasteiger partial charge in [-0.25, -0.2) is 13.6 Å². The number of aliphatic hydroxyl groups is 1. The van der Waals surface area contributed by atoms with Gasteiger partial charge in [0.05, 0.1) is 29.2 Å². The number of amides is 1. The number of alkyl carbamates (subject to hydrolysis) is 1. The fraction of sp³-hybridized carbons (Fsp3) is 0.486. The second kappa shape index (κ2) is 11.7. The second-order valence-corrected chi connectivity index (χ2v) is 14.0. The Bertz CT molecular complexity index is 1930. The van der Waals surface area contributed by atoms with Crippen LogP contribution in [0.5, 0.6) is 11.8 Å². The van der Waals surface area contributed by atoms with E-state index in [1.807, 2.05) is 6.92 Å². The third kappa shape index (κ3) is 5.33. The summed E-state index contributed by atoms with van der Waals surface area (Å²) in [6, 6.07) is 5.69. The van der Waals surface area contributed by atoms with Gasteiger partial charge in [-0.05, 0) is 99.5 Å². The van der Waals surface area contributed by atoms with Crippen LogP contribution in [0, 0.1) is 11.6 Å². The number of hydrogen-bond acceptors (Lipinski definition) is 10. The number of rotatable bonds is 3. The molecule has 9 rings (SSSR count). The fourth-order valence-electron chi connectivity index (χ4n) is 8.44. The maximum atomic E-state index is 17.0. The van der Waals surface area contributed by atoms with Gasteiger partial charge >= 0.3 is 12.1 Å². The number of benzene rings is 2. The van der Waals surface area contributed by atoms with Gasteiger partial charge in [0.15, 0.2) is 5.82 Å². The van der Waals surface area contributed by atoms with E-state index in [1.165, 1.54) is 30.5 Å². The maximum Gasteiger partial charge on any atom is 0.407 e. The molecule has 0 radical (unpaired) electrons. The van der Waals surface area contributed by atoms with Crippen molar-refractivity contribution in [1.82, 2.24) is 25.2 Å². The minimum absolute atomic E-state index is 0.00263. The molecule has 11 nitrogen and oxygen atoms in total. The van der Waals surface area contributed by atoms with Crippen LogP contribution in [-0.2, 0) is 11.2 Å². The van der Waals surface area contributed by atoms with Gasteiger partial charge < -0.3 is 29.9 Å². The minimum atomic E-state index is -0.925. The van der Waals surface area contributed by atoms with E-state index in [4.69, 9.17) is 14.5 Å². The number of aliphatic hydroxyl groups excluding tert-OH is 1. The fourth-order valence-corrected chi connectivity index (χ4v) is 8.44. The SMILES string of the molecule is C[C@@]12C[C@@H](O)CN(C1)c1nc(OCC34CCCN3CCC4)nc3c(F)c(ncc13)-c1cc(O)cc3ccc(F)c(c13)CCCOC(=O)N2. The van der Waals surface area contributed by atoms with E-state index in [0.29, 0.717) is 28.8 Å². The number of anilines is 1. The van der Waals surface area contributed by atoms with E-state index < -0.39 is 29.4 Å². The van der Waals surface area contributed by atoms with Gasteiger partial charge in [-0.2, -0.15) is 9.97 Å². The topological polar surface area (TPSA) is 133 Å². The van der Waals surface area contributed by atoms with Crippen molar-refractivity contribution in [2.75, 3.05) is 44.3 Å². The molecule has 252 valence electrons. The second-order valence-electron chi connectivity index (χ2n) is 14.0. The highest BCUT2D eigenvalue weighted by molar-refractivity contribution is 6.01. The molecule has 0 aliphatic carbocycles. The third-order valence-electron chi connectivity index (χ3n) is 10.5. The van der Waals surface area contributed by atoms with E-state index in [-0.39, 0.29) is 78.4 Å². The van der Waals surface area contributed by atoms with Crippen LogP contribution in [0.25, 0.3) is 32.9 Å². The summed E-state index contributed by atoms with van der Waals surface area (Å²) in [5, 5.41) is 25.8. The Kier molecular flexibility index (Phi) is 7.51. The summed E-state index contributed by atoms with van der Waals surface area (Å²) in [5.41, 5.74) is -0.706. The van der Waals surface area contributed by atoms with E-state index in [9.17, 15) is 15.0 Å². The van der Waals surface area contributed by atoms with Gasteiger partial charge in [0.25, 0.3) is 0 Å². The van der Waals surface area contributed by atoms with Gasteiger partial charge in [0, 0.05) is 24.8 Å². The molecule has 0 spiro atoms. The van der Waals surface area contributed by atoms with Gasteiger partial charge in [-0.15, -0.1) is 0 Å². The highest BCUT2D eigenvalue weighted by Gasteiger charge is 2.45. The summed E-state index contributed by atoms with van der Waals surface area (Å²) < 4.78 is 44.3. The number of hydrogen-bond donors (Lipinski definition) is 3. The molecule has 13 heteroatoms. The van der Waals surface area contributed by atoms with Crippen molar-refractivity contribution in [1.29, 1.82) is 0 Å². The summed E-state index contributed by atoms with van der Waals surface area (Å²) in [7, 11) is 0. The van der Waals surface area contributed by atoms with Crippen molar-refractivity contribution in [2.45, 2.75) is 69.1 Å². The van der Waals surface area contributed by atoms with Crippen LogP contribution in [-0.4, -0.2) is 92.7 Å². The molecular weight excluding hydrogens is 622 g/mol. The summed E-state index contributed by atoms with van der Waals surface area (Å²) in [6.45, 7) is 4.58. The third-order valence-corrected chi connectivity index (χ3v) is 10.5. The van der Waals surface area contributed by atoms with Gasteiger partial charge in [0.1, 0.15) is 35.2 Å². The molecule has 3 saturated heterocycles. The molecule has 5 aliphatic rings. The molecule has 48 heavy (non-hydrogen) atoms. The standard InChI is InChI=1S/C35H38F2N6O5/c1-34-15-22(45)17-42(18-34)31-25-16-38-29(28(37)30(25)39-32(40-31)48-19-35-8-3-10-43(35)11-4-9-35)24-14-21(44)13-20-6-7-26(36)23(27(20)24)5-2-12-47-33(46)41-34/h6-7,13-14,16,22,44-45H,2-5,8-12,15,17-19H2,1H3,(H,41,46)/t22-,34-/m1/s1. The lowest BCUT2D eigenvalue weighted by Crippen LogP contribution is -2.61. The van der Waals surface area contributed by atoms with Crippen molar-refractivity contribution in [3.8, 4) is 23.0 Å². The Hall–Kier alpha value is -4.36. The van der Waals surface area contributed by atoms with E-state index in [0.717, 1.165) is 38.8 Å².